The SMILES string of the molecule is CCOC(=O)c1oc2ccc(S(=O)(=O)N3C[C@H](C(=O)O)c4ccccc43)cc2c1C. The van der Waals surface area contributed by atoms with Crippen molar-refractivity contribution >= 4 is 38.6 Å². The van der Waals surface area contributed by atoms with Crippen LogP contribution in [0.2, 0.25) is 0 Å². The van der Waals surface area contributed by atoms with Gasteiger partial charge in [-0.2, -0.15) is 0 Å². The van der Waals surface area contributed by atoms with Gasteiger partial charge in [0, 0.05) is 10.9 Å². The summed E-state index contributed by atoms with van der Waals surface area (Å²) in [5, 5.41) is 9.99. The Morgan fingerprint density at radius 3 is 2.67 bits per heavy atom. The highest BCUT2D eigenvalue weighted by Gasteiger charge is 2.40. The predicted molar refractivity (Wildman–Crippen MR) is 108 cm³/mol. The number of aliphatic carboxylic acids is 1. The number of nitrogens with zero attached hydrogens (tertiary/aromatic N) is 1. The molecule has 0 fully saturated rings. The molecular formula is C21H19NO7S. The monoisotopic (exact) mass is 429 g/mol. The van der Waals surface area contributed by atoms with E-state index in [1.54, 1.807) is 38.1 Å². The lowest BCUT2D eigenvalue weighted by atomic mass is 10.0. The number of hydrogen-bond donors (Lipinski definition) is 1. The number of carbonyl (C=O) groups excluding carboxylic acids is 1. The second kappa shape index (κ2) is 7.17. The summed E-state index contributed by atoms with van der Waals surface area (Å²) >= 11 is 0. The molecule has 0 radical (unpaired) electrons. The van der Waals surface area contributed by atoms with Crippen molar-refractivity contribution in [2.75, 3.05) is 17.5 Å². The molecule has 1 N–H and O–H groups in total. The van der Waals surface area contributed by atoms with Gasteiger partial charge in [-0.3, -0.25) is 9.10 Å². The van der Waals surface area contributed by atoms with E-state index in [9.17, 15) is 23.1 Å². The number of furan rings is 1. The average molecular weight is 429 g/mol. The van der Waals surface area contributed by atoms with Gasteiger partial charge >= 0.3 is 11.9 Å². The van der Waals surface area contributed by atoms with E-state index in [4.69, 9.17) is 9.15 Å². The molecule has 3 aromatic rings. The van der Waals surface area contributed by atoms with Crippen molar-refractivity contribution < 1.29 is 32.3 Å². The smallest absolute Gasteiger partial charge is 0.374 e. The molecule has 0 aliphatic carbocycles. The molecule has 0 bridgehead atoms. The maximum atomic E-state index is 13.4. The number of para-hydroxylation sites is 1. The van der Waals surface area contributed by atoms with Crippen molar-refractivity contribution in [2.45, 2.75) is 24.7 Å². The van der Waals surface area contributed by atoms with Gasteiger partial charge in [0.1, 0.15) is 11.5 Å². The van der Waals surface area contributed by atoms with Gasteiger partial charge in [0.05, 0.1) is 23.7 Å². The van der Waals surface area contributed by atoms with Gasteiger partial charge in [0.2, 0.25) is 5.76 Å². The van der Waals surface area contributed by atoms with Crippen LogP contribution in [0.15, 0.2) is 51.8 Å². The van der Waals surface area contributed by atoms with E-state index in [2.05, 4.69) is 0 Å². The number of carboxylic acid groups (broad SMARTS) is 1. The Bertz CT molecular complexity index is 1280. The summed E-state index contributed by atoms with van der Waals surface area (Å²) in [7, 11) is -4.04. The maximum absolute atomic E-state index is 13.4. The van der Waals surface area contributed by atoms with E-state index in [-0.39, 0.29) is 23.8 Å². The first-order valence-corrected chi connectivity index (χ1v) is 10.7. The number of aryl methyl sites for hydroxylation is 1. The van der Waals surface area contributed by atoms with Crippen LogP contribution in [0.4, 0.5) is 5.69 Å². The zero-order valence-corrected chi connectivity index (χ0v) is 17.1. The fraction of sp³-hybridized carbons (Fsp3) is 0.238. The largest absolute Gasteiger partial charge is 0.481 e. The van der Waals surface area contributed by atoms with Crippen LogP contribution in [0.3, 0.4) is 0 Å². The number of hydrogen-bond acceptors (Lipinski definition) is 6. The molecule has 1 atom stereocenters. The van der Waals surface area contributed by atoms with Crippen LogP contribution in [-0.2, 0) is 19.6 Å². The van der Waals surface area contributed by atoms with Crippen LogP contribution in [0.5, 0.6) is 0 Å². The molecule has 2 aromatic carbocycles. The number of fused-ring (bicyclic) bond motifs is 2. The Morgan fingerprint density at radius 2 is 1.97 bits per heavy atom. The molecule has 0 spiro atoms. The molecule has 0 amide bonds. The van der Waals surface area contributed by atoms with Crippen LogP contribution < -0.4 is 4.31 Å². The van der Waals surface area contributed by atoms with Crippen molar-refractivity contribution in [1.29, 1.82) is 0 Å². The lowest BCUT2D eigenvalue weighted by Gasteiger charge is -2.19. The summed E-state index contributed by atoms with van der Waals surface area (Å²) < 4.78 is 38.4. The van der Waals surface area contributed by atoms with Crippen molar-refractivity contribution in [3.05, 3.63) is 59.4 Å². The Hall–Kier alpha value is -3.33. The molecular weight excluding hydrogens is 410 g/mol. The summed E-state index contributed by atoms with van der Waals surface area (Å²) in [5.74, 6) is -2.61. The van der Waals surface area contributed by atoms with Crippen LogP contribution in [0, 0.1) is 6.92 Å². The number of benzene rings is 2. The molecule has 1 aliphatic heterocycles. The van der Waals surface area contributed by atoms with Crippen molar-refractivity contribution in [3.8, 4) is 0 Å². The molecule has 0 saturated heterocycles. The maximum Gasteiger partial charge on any atom is 0.374 e. The number of rotatable bonds is 5. The van der Waals surface area contributed by atoms with Crippen LogP contribution in [-0.4, -0.2) is 38.6 Å². The first kappa shape index (κ1) is 20.0. The lowest BCUT2D eigenvalue weighted by molar-refractivity contribution is -0.138. The first-order chi connectivity index (χ1) is 14.3. The minimum absolute atomic E-state index is 0.0184. The molecule has 9 heteroatoms. The number of anilines is 1. The third kappa shape index (κ3) is 3.02. The summed E-state index contributed by atoms with van der Waals surface area (Å²) in [6.07, 6.45) is 0. The van der Waals surface area contributed by atoms with Crippen LogP contribution in [0.25, 0.3) is 11.0 Å². The quantitative estimate of drug-likeness (QED) is 0.619. The molecule has 30 heavy (non-hydrogen) atoms. The first-order valence-electron chi connectivity index (χ1n) is 9.30. The number of esters is 1. The predicted octanol–water partition coefficient (Wildman–Crippen LogP) is 3.30. The minimum atomic E-state index is -4.04. The fourth-order valence-electron chi connectivity index (χ4n) is 3.69. The van der Waals surface area contributed by atoms with E-state index in [1.807, 2.05) is 0 Å². The van der Waals surface area contributed by atoms with Crippen LogP contribution in [0.1, 0.15) is 34.5 Å². The summed E-state index contributed by atoms with van der Waals surface area (Å²) in [6.45, 7) is 3.33. The Balaban J connectivity index is 1.79. The number of carbonyl (C=O) groups is 2. The van der Waals surface area contributed by atoms with Gasteiger partial charge in [0.15, 0.2) is 0 Å². The van der Waals surface area contributed by atoms with Gasteiger partial charge in [-0.05, 0) is 43.7 Å². The third-order valence-corrected chi connectivity index (χ3v) is 6.96. The molecule has 4 rings (SSSR count). The Kier molecular flexibility index (Phi) is 4.77. The van der Waals surface area contributed by atoms with E-state index in [1.165, 1.54) is 18.2 Å². The highest BCUT2D eigenvalue weighted by atomic mass is 32.2. The molecule has 1 aliphatic rings. The summed E-state index contributed by atoms with van der Waals surface area (Å²) in [4.78, 5) is 23.7. The second-order valence-corrected chi connectivity index (χ2v) is 8.78. The normalized spacial score (nSPS) is 15.9. The van der Waals surface area contributed by atoms with Crippen molar-refractivity contribution in [1.82, 2.24) is 0 Å². The van der Waals surface area contributed by atoms with E-state index >= 15 is 0 Å². The fourth-order valence-corrected chi connectivity index (χ4v) is 5.22. The number of ether oxygens (including phenoxy) is 1. The number of sulfonamides is 1. The zero-order chi connectivity index (χ0) is 21.6. The minimum Gasteiger partial charge on any atom is -0.481 e. The highest BCUT2D eigenvalue weighted by molar-refractivity contribution is 7.92. The Labute approximate surface area is 172 Å². The van der Waals surface area contributed by atoms with Gasteiger partial charge in [-0.25, -0.2) is 13.2 Å². The standard InChI is InChI=1S/C21H19NO7S/c1-3-28-21(25)19-12(2)15-10-13(8-9-18(15)29-19)30(26,27)22-11-16(20(23)24)14-6-4-5-7-17(14)22/h4-10,16H,3,11H2,1-2H3,(H,23,24)/t16-/m0/s1. The van der Waals surface area contributed by atoms with E-state index < -0.39 is 27.9 Å². The van der Waals surface area contributed by atoms with Gasteiger partial charge < -0.3 is 14.3 Å². The molecule has 0 unspecified atom stereocenters. The van der Waals surface area contributed by atoms with Crippen molar-refractivity contribution in [3.63, 3.8) is 0 Å². The van der Waals surface area contributed by atoms with Gasteiger partial charge in [0.25, 0.3) is 10.0 Å². The van der Waals surface area contributed by atoms with Crippen LogP contribution >= 0.6 is 0 Å². The van der Waals surface area contributed by atoms with E-state index in [0.29, 0.717) is 27.8 Å². The van der Waals surface area contributed by atoms with Gasteiger partial charge in [-0.15, -0.1) is 0 Å². The van der Waals surface area contributed by atoms with Crippen molar-refractivity contribution in [2.24, 2.45) is 0 Å². The topological polar surface area (TPSA) is 114 Å². The average Bonchev–Trinajstić information content (AvgIpc) is 3.27. The molecule has 156 valence electrons. The Morgan fingerprint density at radius 1 is 1.23 bits per heavy atom. The van der Waals surface area contributed by atoms with E-state index in [0.717, 1.165) is 4.31 Å². The summed E-state index contributed by atoms with van der Waals surface area (Å²) in [6, 6.07) is 10.9. The molecule has 1 aromatic heterocycles. The lowest BCUT2D eigenvalue weighted by Crippen LogP contribution is -2.31. The zero-order valence-electron chi connectivity index (χ0n) is 16.3. The molecule has 8 nitrogen and oxygen atoms in total. The number of carboxylic acids is 1. The highest BCUT2D eigenvalue weighted by Crippen LogP contribution is 2.40. The second-order valence-electron chi connectivity index (χ2n) is 6.92. The molecule has 2 heterocycles. The molecule has 0 saturated carbocycles. The third-order valence-electron chi connectivity index (χ3n) is 5.18. The summed E-state index contributed by atoms with van der Waals surface area (Å²) in [5.41, 5.74) is 1.64. The van der Waals surface area contributed by atoms with Gasteiger partial charge in [-0.1, -0.05) is 18.2 Å².